The maximum Gasteiger partial charge on any atom is 0.205 e. The number of hydrogen-bond acceptors (Lipinski definition) is 5. The van der Waals surface area contributed by atoms with Crippen molar-refractivity contribution in [2.75, 3.05) is 11.9 Å². The van der Waals surface area contributed by atoms with E-state index in [1.807, 2.05) is 18.9 Å². The number of nitriles is 1. The monoisotopic (exact) mass is 238 g/mol. The molecule has 4 nitrogen and oxygen atoms in total. The standard InChI is InChI=1S/C11H18N4S/c1-8(2)7-10-13-11(16-14-10)15(4)9(3)5-6-12/h8-9H,5,7H2,1-4H3. The van der Waals surface area contributed by atoms with Gasteiger partial charge in [-0.3, -0.25) is 0 Å². The highest BCUT2D eigenvalue weighted by atomic mass is 32.1. The van der Waals surface area contributed by atoms with Crippen molar-refractivity contribution in [2.24, 2.45) is 5.92 Å². The van der Waals surface area contributed by atoms with Gasteiger partial charge in [-0.15, -0.1) is 0 Å². The topological polar surface area (TPSA) is 52.8 Å². The molecule has 1 heterocycles. The van der Waals surface area contributed by atoms with Gasteiger partial charge in [-0.05, 0) is 12.8 Å². The Bertz CT molecular complexity index is 366. The molecular weight excluding hydrogens is 220 g/mol. The van der Waals surface area contributed by atoms with Crippen LogP contribution >= 0.6 is 11.5 Å². The molecule has 0 aliphatic heterocycles. The zero-order chi connectivity index (χ0) is 12.1. The van der Waals surface area contributed by atoms with E-state index in [9.17, 15) is 0 Å². The quantitative estimate of drug-likeness (QED) is 0.790. The van der Waals surface area contributed by atoms with Crippen LogP contribution in [0.5, 0.6) is 0 Å². The number of anilines is 1. The van der Waals surface area contributed by atoms with Gasteiger partial charge in [0.15, 0.2) is 0 Å². The predicted molar refractivity (Wildman–Crippen MR) is 66.5 cm³/mol. The zero-order valence-electron chi connectivity index (χ0n) is 10.3. The smallest absolute Gasteiger partial charge is 0.205 e. The number of nitrogens with zero attached hydrogens (tertiary/aromatic N) is 4. The van der Waals surface area contributed by atoms with Gasteiger partial charge in [-0.2, -0.15) is 9.64 Å². The molecule has 1 atom stereocenters. The molecule has 16 heavy (non-hydrogen) atoms. The van der Waals surface area contributed by atoms with Gasteiger partial charge in [0.2, 0.25) is 5.13 Å². The SMILES string of the molecule is CC(C)Cc1nsc(N(C)C(C)CC#N)n1. The highest BCUT2D eigenvalue weighted by molar-refractivity contribution is 7.09. The van der Waals surface area contributed by atoms with Crippen LogP contribution in [0.3, 0.4) is 0 Å². The Kier molecular flexibility index (Phi) is 4.69. The third kappa shape index (κ3) is 3.46. The van der Waals surface area contributed by atoms with Crippen LogP contribution in [0.1, 0.15) is 33.0 Å². The molecule has 1 aromatic heterocycles. The first-order valence-electron chi connectivity index (χ1n) is 5.47. The maximum atomic E-state index is 8.65. The molecule has 0 saturated heterocycles. The molecule has 0 aliphatic rings. The van der Waals surface area contributed by atoms with Gasteiger partial charge >= 0.3 is 0 Å². The molecule has 0 N–H and O–H groups in total. The first kappa shape index (κ1) is 12.9. The fourth-order valence-corrected chi connectivity index (χ4v) is 2.05. The maximum absolute atomic E-state index is 8.65. The van der Waals surface area contributed by atoms with Crippen molar-refractivity contribution >= 4 is 16.7 Å². The van der Waals surface area contributed by atoms with E-state index in [2.05, 4.69) is 29.3 Å². The van der Waals surface area contributed by atoms with Crippen LogP contribution in [-0.2, 0) is 6.42 Å². The van der Waals surface area contributed by atoms with E-state index in [1.165, 1.54) is 11.5 Å². The Hall–Kier alpha value is -1.15. The summed E-state index contributed by atoms with van der Waals surface area (Å²) in [6.07, 6.45) is 1.42. The first-order valence-corrected chi connectivity index (χ1v) is 6.24. The van der Waals surface area contributed by atoms with Crippen LogP contribution in [-0.4, -0.2) is 22.4 Å². The van der Waals surface area contributed by atoms with Crippen LogP contribution in [0, 0.1) is 17.2 Å². The summed E-state index contributed by atoms with van der Waals surface area (Å²) >= 11 is 1.41. The summed E-state index contributed by atoms with van der Waals surface area (Å²) < 4.78 is 4.33. The van der Waals surface area contributed by atoms with Gasteiger partial charge in [0.05, 0.1) is 12.5 Å². The molecule has 88 valence electrons. The van der Waals surface area contributed by atoms with Crippen molar-refractivity contribution in [3.63, 3.8) is 0 Å². The Morgan fingerprint density at radius 1 is 1.44 bits per heavy atom. The van der Waals surface area contributed by atoms with E-state index in [0.717, 1.165) is 17.4 Å². The number of aromatic nitrogens is 2. The minimum absolute atomic E-state index is 0.185. The average molecular weight is 238 g/mol. The van der Waals surface area contributed by atoms with Crippen molar-refractivity contribution in [1.82, 2.24) is 9.36 Å². The summed E-state index contributed by atoms with van der Waals surface area (Å²) in [6, 6.07) is 2.36. The van der Waals surface area contributed by atoms with E-state index in [1.54, 1.807) is 0 Å². The van der Waals surface area contributed by atoms with Gasteiger partial charge in [0, 0.05) is 31.0 Å². The second-order valence-corrected chi connectivity index (χ2v) is 5.14. The third-order valence-corrected chi connectivity index (χ3v) is 3.24. The summed E-state index contributed by atoms with van der Waals surface area (Å²) in [7, 11) is 1.96. The van der Waals surface area contributed by atoms with E-state index in [4.69, 9.17) is 5.26 Å². The lowest BCUT2D eigenvalue weighted by Gasteiger charge is -2.21. The number of hydrogen-bond donors (Lipinski definition) is 0. The molecular formula is C11H18N4S. The lowest BCUT2D eigenvalue weighted by atomic mass is 10.1. The Labute approximate surface area is 101 Å². The summed E-state index contributed by atoms with van der Waals surface area (Å²) in [5.41, 5.74) is 0. The van der Waals surface area contributed by atoms with E-state index < -0.39 is 0 Å². The molecule has 0 saturated carbocycles. The molecule has 0 amide bonds. The fraction of sp³-hybridized carbons (Fsp3) is 0.727. The molecule has 5 heteroatoms. The van der Waals surface area contributed by atoms with Crippen LogP contribution in [0.25, 0.3) is 0 Å². The minimum Gasteiger partial charge on any atom is -0.346 e. The second-order valence-electron chi connectivity index (χ2n) is 4.41. The largest absolute Gasteiger partial charge is 0.346 e. The van der Waals surface area contributed by atoms with Gasteiger partial charge in [-0.25, -0.2) is 4.98 Å². The van der Waals surface area contributed by atoms with E-state index in [0.29, 0.717) is 12.3 Å². The summed E-state index contributed by atoms with van der Waals surface area (Å²) in [6.45, 7) is 6.33. The van der Waals surface area contributed by atoms with Gasteiger partial charge in [0.1, 0.15) is 5.82 Å². The predicted octanol–water partition coefficient (Wildman–Crippen LogP) is 2.47. The van der Waals surface area contributed by atoms with Gasteiger partial charge < -0.3 is 4.90 Å². The van der Waals surface area contributed by atoms with Crippen molar-refractivity contribution in [3.8, 4) is 6.07 Å². The zero-order valence-corrected chi connectivity index (χ0v) is 11.1. The first-order chi connectivity index (χ1) is 7.54. The lowest BCUT2D eigenvalue weighted by molar-refractivity contribution is 0.625. The normalized spacial score (nSPS) is 12.5. The summed E-state index contributed by atoms with van der Waals surface area (Å²) in [5.74, 6) is 1.48. The minimum atomic E-state index is 0.185. The van der Waals surface area contributed by atoms with Crippen molar-refractivity contribution < 1.29 is 0 Å². The number of rotatable bonds is 5. The molecule has 0 aliphatic carbocycles. The molecule has 1 aromatic rings. The summed E-state index contributed by atoms with van der Waals surface area (Å²) in [4.78, 5) is 6.50. The molecule has 0 aromatic carbocycles. The van der Waals surface area contributed by atoms with Crippen LogP contribution in [0.15, 0.2) is 0 Å². The average Bonchev–Trinajstić information content (AvgIpc) is 2.64. The van der Waals surface area contributed by atoms with E-state index >= 15 is 0 Å². The van der Waals surface area contributed by atoms with Crippen molar-refractivity contribution in [2.45, 2.75) is 39.7 Å². The molecule has 0 bridgehead atoms. The van der Waals surface area contributed by atoms with E-state index in [-0.39, 0.29) is 6.04 Å². The molecule has 0 radical (unpaired) electrons. The second kappa shape index (κ2) is 5.80. The fourth-order valence-electron chi connectivity index (χ4n) is 1.29. The van der Waals surface area contributed by atoms with Gasteiger partial charge in [-0.1, -0.05) is 13.8 Å². The Balaban J connectivity index is 2.66. The van der Waals surface area contributed by atoms with Crippen molar-refractivity contribution in [1.29, 1.82) is 5.26 Å². The van der Waals surface area contributed by atoms with Crippen LogP contribution < -0.4 is 4.90 Å². The molecule has 0 spiro atoms. The molecule has 1 unspecified atom stereocenters. The summed E-state index contributed by atoms with van der Waals surface area (Å²) in [5, 5.41) is 9.55. The molecule has 0 fully saturated rings. The Morgan fingerprint density at radius 3 is 2.69 bits per heavy atom. The van der Waals surface area contributed by atoms with Gasteiger partial charge in [0.25, 0.3) is 0 Å². The Morgan fingerprint density at radius 2 is 2.12 bits per heavy atom. The lowest BCUT2D eigenvalue weighted by Crippen LogP contribution is -2.28. The molecule has 1 rings (SSSR count). The van der Waals surface area contributed by atoms with Crippen molar-refractivity contribution in [3.05, 3.63) is 5.82 Å². The van der Waals surface area contributed by atoms with Crippen LogP contribution in [0.4, 0.5) is 5.13 Å². The van der Waals surface area contributed by atoms with Crippen LogP contribution in [0.2, 0.25) is 0 Å². The highest BCUT2D eigenvalue weighted by Crippen LogP contribution is 2.20. The highest BCUT2D eigenvalue weighted by Gasteiger charge is 2.14. The third-order valence-electron chi connectivity index (χ3n) is 2.40.